The number of para-hydroxylation sites is 1. The van der Waals surface area contributed by atoms with E-state index in [1.807, 2.05) is 25.3 Å². The van der Waals surface area contributed by atoms with Crippen molar-refractivity contribution in [3.05, 3.63) is 40.8 Å². The summed E-state index contributed by atoms with van der Waals surface area (Å²) in [6.45, 7) is 3.95. The molecule has 1 N–H and O–H groups in total. The normalized spacial score (nSPS) is 12.6. The molecule has 1 heterocycles. The topological polar surface area (TPSA) is 62.3 Å². The van der Waals surface area contributed by atoms with Gasteiger partial charge in [0.15, 0.2) is 0 Å². The van der Waals surface area contributed by atoms with Crippen molar-refractivity contribution in [1.29, 1.82) is 0 Å². The maximum atomic E-state index is 12.4. The van der Waals surface area contributed by atoms with Gasteiger partial charge in [-0.15, -0.1) is 11.3 Å². The van der Waals surface area contributed by atoms with Crippen molar-refractivity contribution in [2.45, 2.75) is 24.3 Å². The van der Waals surface area contributed by atoms with Crippen LogP contribution in [0.15, 0.2) is 40.7 Å². The Kier molecular flexibility index (Phi) is 4.36. The smallest absolute Gasteiger partial charge is 0.244 e. The lowest BCUT2D eigenvalue weighted by Gasteiger charge is -2.27. The third-order valence-electron chi connectivity index (χ3n) is 3.06. The molecule has 0 saturated heterocycles. The largest absolute Gasteiger partial charge is 0.373 e. The lowest BCUT2D eigenvalue weighted by molar-refractivity contribution is 0.520. The van der Waals surface area contributed by atoms with E-state index in [4.69, 9.17) is 0 Å². The van der Waals surface area contributed by atoms with Gasteiger partial charge in [0.2, 0.25) is 10.0 Å². The monoisotopic (exact) mass is 325 g/mol. The predicted octanol–water partition coefficient (Wildman–Crippen LogP) is 2.74. The van der Waals surface area contributed by atoms with Crippen LogP contribution in [-0.4, -0.2) is 31.8 Å². The highest BCUT2D eigenvalue weighted by molar-refractivity contribution is 7.89. The average Bonchev–Trinajstić information content (AvgIpc) is 2.93. The minimum atomic E-state index is -3.49. The zero-order valence-electron chi connectivity index (χ0n) is 12.5. The first kappa shape index (κ1) is 15.9. The SMILES string of the molecule is CN(C)S(=O)(=O)c1ccccc1NC(C)(C)c1nccs1. The van der Waals surface area contributed by atoms with Crippen LogP contribution in [-0.2, 0) is 15.6 Å². The first-order chi connectivity index (χ1) is 9.75. The van der Waals surface area contributed by atoms with Gasteiger partial charge in [0.25, 0.3) is 0 Å². The van der Waals surface area contributed by atoms with Crippen molar-refractivity contribution in [3.63, 3.8) is 0 Å². The third-order valence-corrected chi connectivity index (χ3v) is 6.03. The van der Waals surface area contributed by atoms with E-state index in [-0.39, 0.29) is 4.90 Å². The molecule has 0 bridgehead atoms. The van der Waals surface area contributed by atoms with Gasteiger partial charge in [-0.3, -0.25) is 0 Å². The number of benzene rings is 1. The van der Waals surface area contributed by atoms with E-state index in [9.17, 15) is 8.42 Å². The fourth-order valence-corrected chi connectivity index (χ4v) is 3.67. The van der Waals surface area contributed by atoms with Crippen LogP contribution in [0, 0.1) is 0 Å². The summed E-state index contributed by atoms with van der Waals surface area (Å²) in [6.07, 6.45) is 1.74. The second-order valence-electron chi connectivity index (χ2n) is 5.37. The lowest BCUT2D eigenvalue weighted by atomic mass is 10.1. The Morgan fingerprint density at radius 3 is 2.48 bits per heavy atom. The molecule has 0 radical (unpaired) electrons. The van der Waals surface area contributed by atoms with Gasteiger partial charge in [0, 0.05) is 25.7 Å². The van der Waals surface area contributed by atoms with Crippen LogP contribution in [0.2, 0.25) is 0 Å². The van der Waals surface area contributed by atoms with Crippen LogP contribution in [0.4, 0.5) is 5.69 Å². The van der Waals surface area contributed by atoms with Crippen molar-refractivity contribution >= 4 is 27.0 Å². The molecule has 0 spiro atoms. The van der Waals surface area contributed by atoms with E-state index in [1.54, 1.807) is 24.4 Å². The zero-order valence-corrected chi connectivity index (χ0v) is 14.1. The van der Waals surface area contributed by atoms with Crippen molar-refractivity contribution in [2.75, 3.05) is 19.4 Å². The minimum Gasteiger partial charge on any atom is -0.373 e. The number of nitrogens with zero attached hydrogens (tertiary/aromatic N) is 2. The molecule has 0 aliphatic rings. The van der Waals surface area contributed by atoms with Crippen molar-refractivity contribution in [1.82, 2.24) is 9.29 Å². The van der Waals surface area contributed by atoms with Gasteiger partial charge in [-0.05, 0) is 26.0 Å². The zero-order chi connectivity index (χ0) is 15.7. The summed E-state index contributed by atoms with van der Waals surface area (Å²) in [5, 5.41) is 6.10. The third kappa shape index (κ3) is 3.25. The van der Waals surface area contributed by atoms with E-state index in [1.165, 1.54) is 29.7 Å². The maximum absolute atomic E-state index is 12.4. The minimum absolute atomic E-state index is 0.264. The predicted molar refractivity (Wildman–Crippen MR) is 86.1 cm³/mol. The quantitative estimate of drug-likeness (QED) is 0.918. The summed E-state index contributed by atoms with van der Waals surface area (Å²) in [6, 6.07) is 6.91. The van der Waals surface area contributed by atoms with Gasteiger partial charge in [-0.25, -0.2) is 17.7 Å². The number of nitrogens with one attached hydrogen (secondary N) is 1. The van der Waals surface area contributed by atoms with Gasteiger partial charge < -0.3 is 5.32 Å². The summed E-state index contributed by atoms with van der Waals surface area (Å²) in [5.74, 6) is 0. The summed E-state index contributed by atoms with van der Waals surface area (Å²) in [7, 11) is -0.443. The van der Waals surface area contributed by atoms with Gasteiger partial charge >= 0.3 is 0 Å². The van der Waals surface area contributed by atoms with E-state index in [0.717, 1.165) is 5.01 Å². The highest BCUT2D eigenvalue weighted by Gasteiger charge is 2.27. The molecule has 0 atom stereocenters. The Hall–Kier alpha value is -1.44. The van der Waals surface area contributed by atoms with E-state index < -0.39 is 15.6 Å². The van der Waals surface area contributed by atoms with Crippen LogP contribution in [0.3, 0.4) is 0 Å². The Bertz CT molecular complexity index is 708. The molecular weight excluding hydrogens is 306 g/mol. The number of sulfonamides is 1. The molecule has 0 unspecified atom stereocenters. The highest BCUT2D eigenvalue weighted by Crippen LogP contribution is 2.31. The Labute approximate surface area is 129 Å². The van der Waals surface area contributed by atoms with Gasteiger partial charge in [0.1, 0.15) is 9.90 Å². The molecular formula is C14H19N3O2S2. The van der Waals surface area contributed by atoms with E-state index in [0.29, 0.717) is 5.69 Å². The second kappa shape index (κ2) is 5.75. The molecule has 7 heteroatoms. The van der Waals surface area contributed by atoms with Crippen LogP contribution in [0.1, 0.15) is 18.9 Å². The number of hydrogen-bond donors (Lipinski definition) is 1. The molecule has 114 valence electrons. The van der Waals surface area contributed by atoms with Crippen LogP contribution < -0.4 is 5.32 Å². The molecule has 0 saturated carbocycles. The summed E-state index contributed by atoms with van der Waals surface area (Å²) >= 11 is 1.54. The fourth-order valence-electron chi connectivity index (χ4n) is 1.91. The highest BCUT2D eigenvalue weighted by atomic mass is 32.2. The Balaban J connectivity index is 2.43. The molecule has 0 amide bonds. The number of rotatable bonds is 5. The Morgan fingerprint density at radius 1 is 1.24 bits per heavy atom. The Morgan fingerprint density at radius 2 is 1.90 bits per heavy atom. The van der Waals surface area contributed by atoms with Crippen LogP contribution in [0.5, 0.6) is 0 Å². The molecule has 2 rings (SSSR count). The number of anilines is 1. The maximum Gasteiger partial charge on any atom is 0.244 e. The first-order valence-corrected chi connectivity index (χ1v) is 8.77. The fraction of sp³-hybridized carbons (Fsp3) is 0.357. The van der Waals surface area contributed by atoms with Gasteiger partial charge in [-0.2, -0.15) is 0 Å². The number of hydrogen-bond acceptors (Lipinski definition) is 5. The lowest BCUT2D eigenvalue weighted by Crippen LogP contribution is -2.30. The molecule has 0 aliphatic carbocycles. The molecule has 1 aromatic heterocycles. The summed E-state index contributed by atoms with van der Waals surface area (Å²) in [4.78, 5) is 4.57. The van der Waals surface area contributed by atoms with Gasteiger partial charge in [-0.1, -0.05) is 12.1 Å². The summed E-state index contributed by atoms with van der Waals surface area (Å²) in [5.41, 5.74) is 0.123. The first-order valence-electron chi connectivity index (χ1n) is 6.45. The van der Waals surface area contributed by atoms with E-state index >= 15 is 0 Å². The van der Waals surface area contributed by atoms with Crippen LogP contribution in [0.25, 0.3) is 0 Å². The van der Waals surface area contributed by atoms with E-state index in [2.05, 4.69) is 10.3 Å². The summed E-state index contributed by atoms with van der Waals surface area (Å²) < 4.78 is 26.0. The van der Waals surface area contributed by atoms with Gasteiger partial charge in [0.05, 0.1) is 11.2 Å². The molecule has 0 fully saturated rings. The molecule has 2 aromatic rings. The van der Waals surface area contributed by atoms with Crippen molar-refractivity contribution in [3.8, 4) is 0 Å². The molecule has 0 aliphatic heterocycles. The van der Waals surface area contributed by atoms with Crippen molar-refractivity contribution < 1.29 is 8.42 Å². The van der Waals surface area contributed by atoms with Crippen molar-refractivity contribution in [2.24, 2.45) is 0 Å². The number of thiazole rings is 1. The second-order valence-corrected chi connectivity index (χ2v) is 8.39. The van der Waals surface area contributed by atoms with Crippen LogP contribution >= 0.6 is 11.3 Å². The average molecular weight is 325 g/mol. The molecule has 1 aromatic carbocycles. The molecule has 5 nitrogen and oxygen atoms in total. The number of aromatic nitrogens is 1. The molecule has 21 heavy (non-hydrogen) atoms. The standard InChI is InChI=1S/C14H19N3O2S2/c1-14(2,13-15-9-10-20-13)16-11-7-5-6-8-12(11)21(18,19)17(3)4/h5-10,16H,1-4H3.